The van der Waals surface area contributed by atoms with Gasteiger partial charge < -0.3 is 11.3 Å². The van der Waals surface area contributed by atoms with E-state index in [1.807, 2.05) is 12.1 Å². The Morgan fingerprint density at radius 2 is 1.67 bits per heavy atom. The minimum absolute atomic E-state index is 0. The molecule has 0 spiro atoms. The van der Waals surface area contributed by atoms with Gasteiger partial charge in [-0.3, -0.25) is 23.9 Å². The highest BCUT2D eigenvalue weighted by Crippen LogP contribution is 2.26. The van der Waals surface area contributed by atoms with E-state index in [1.165, 1.54) is 25.2 Å². The minimum atomic E-state index is -0.624. The number of aromatic hydroxyl groups is 1. The molecule has 1 aromatic rings. The molecule has 1 aliphatic rings. The van der Waals surface area contributed by atoms with Crippen LogP contribution in [0.5, 0.6) is 5.88 Å². The average molecular weight is 409 g/mol. The van der Waals surface area contributed by atoms with Crippen molar-refractivity contribution < 1.29 is 14.7 Å². The van der Waals surface area contributed by atoms with E-state index >= 15 is 0 Å². The second kappa shape index (κ2) is 9.50. The maximum Gasteiger partial charge on any atom is 0.271 e. The lowest BCUT2D eigenvalue weighted by Gasteiger charge is -2.25. The summed E-state index contributed by atoms with van der Waals surface area (Å²) in [6.45, 7) is 6.69. The summed E-state index contributed by atoms with van der Waals surface area (Å²) in [6.07, 6.45) is 4.39. The van der Waals surface area contributed by atoms with E-state index in [4.69, 9.17) is 0 Å². The van der Waals surface area contributed by atoms with Gasteiger partial charge in [0.1, 0.15) is 23.3 Å². The van der Waals surface area contributed by atoms with E-state index in [2.05, 4.69) is 0 Å². The van der Waals surface area contributed by atoms with Crippen molar-refractivity contribution in [3.8, 4) is 18.0 Å². The summed E-state index contributed by atoms with van der Waals surface area (Å²) in [5, 5.41) is 28.9. The number of pyridine rings is 1. The van der Waals surface area contributed by atoms with Crippen molar-refractivity contribution in [2.24, 2.45) is 0 Å². The van der Waals surface area contributed by atoms with Crippen LogP contribution in [0.25, 0.3) is 6.08 Å². The maximum absolute atomic E-state index is 12.6. The maximum atomic E-state index is 12.6. The van der Waals surface area contributed by atoms with Gasteiger partial charge in [0.25, 0.3) is 17.4 Å². The third kappa shape index (κ3) is 3.79. The Hall–Kier alpha value is -3.95. The van der Waals surface area contributed by atoms with Crippen LogP contribution in [-0.2, 0) is 16.1 Å². The van der Waals surface area contributed by atoms with Gasteiger partial charge in [-0.1, -0.05) is 6.08 Å². The number of hydrogen-bond donors (Lipinski definition) is 2. The van der Waals surface area contributed by atoms with Gasteiger partial charge >= 0.3 is 0 Å². The number of rotatable bonds is 4. The molecule has 156 valence electrons. The number of aromatic nitrogens is 1. The number of imide groups is 1. The lowest BCUT2D eigenvalue weighted by Crippen LogP contribution is -2.42. The molecule has 0 unspecified atom stereocenters. The molecule has 0 fully saturated rings. The van der Waals surface area contributed by atoms with Crippen molar-refractivity contribution in [3.63, 3.8) is 0 Å². The molecular formula is C21H23N5O4. The summed E-state index contributed by atoms with van der Waals surface area (Å²) in [5.41, 5.74) is 0.299. The molecule has 2 heterocycles. The Balaban J connectivity index is 0.00000450. The molecule has 1 aromatic heterocycles. The third-order valence-corrected chi connectivity index (χ3v) is 4.83. The summed E-state index contributed by atoms with van der Waals surface area (Å²) in [7, 11) is 0. The van der Waals surface area contributed by atoms with Crippen molar-refractivity contribution in [1.82, 2.24) is 15.6 Å². The first kappa shape index (κ1) is 24.1. The van der Waals surface area contributed by atoms with Gasteiger partial charge in [-0.2, -0.15) is 10.5 Å². The van der Waals surface area contributed by atoms with Crippen LogP contribution in [0, 0.1) is 29.6 Å². The van der Waals surface area contributed by atoms with Gasteiger partial charge in [0, 0.05) is 24.2 Å². The van der Waals surface area contributed by atoms with Crippen molar-refractivity contribution in [3.05, 3.63) is 55.9 Å². The standard InChI is InChI=1S/C21H20N4O4.H3N/c1-5-24-18(26)14(12(3)16(10-22)20(24)28)8-7-9-15-13(4)17(11-23)21(29)25(6-2)19(15)27;/h7-9,26H,5-6H2,1-4H3;1H3/b8-7+,15-9+;. The summed E-state index contributed by atoms with van der Waals surface area (Å²) >= 11 is 0. The predicted molar refractivity (Wildman–Crippen MR) is 110 cm³/mol. The van der Waals surface area contributed by atoms with Gasteiger partial charge in [-0.25, -0.2) is 0 Å². The minimum Gasteiger partial charge on any atom is -0.494 e. The Morgan fingerprint density at radius 1 is 1.03 bits per heavy atom. The zero-order chi connectivity index (χ0) is 21.9. The van der Waals surface area contributed by atoms with E-state index in [0.717, 1.165) is 9.47 Å². The lowest BCUT2D eigenvalue weighted by molar-refractivity contribution is -0.140. The summed E-state index contributed by atoms with van der Waals surface area (Å²) in [5.74, 6) is -1.43. The highest BCUT2D eigenvalue weighted by molar-refractivity contribution is 6.18. The number of hydrogen-bond acceptors (Lipinski definition) is 7. The van der Waals surface area contributed by atoms with Crippen molar-refractivity contribution >= 4 is 17.9 Å². The van der Waals surface area contributed by atoms with Crippen LogP contribution in [0.3, 0.4) is 0 Å². The Labute approximate surface area is 174 Å². The number of nitrogens with zero attached hydrogens (tertiary/aromatic N) is 4. The number of likely N-dealkylation sites (N-methyl/N-ethyl adjacent to an activating group) is 1. The van der Waals surface area contributed by atoms with E-state index < -0.39 is 17.4 Å². The lowest BCUT2D eigenvalue weighted by atomic mass is 9.95. The molecule has 0 bridgehead atoms. The second-order valence-electron chi connectivity index (χ2n) is 6.30. The third-order valence-electron chi connectivity index (χ3n) is 4.83. The van der Waals surface area contributed by atoms with E-state index in [-0.39, 0.29) is 53.0 Å². The van der Waals surface area contributed by atoms with Crippen LogP contribution < -0.4 is 11.7 Å². The fourth-order valence-electron chi connectivity index (χ4n) is 3.15. The zero-order valence-corrected chi connectivity index (χ0v) is 17.3. The molecular weight excluding hydrogens is 386 g/mol. The molecule has 0 aromatic carbocycles. The molecule has 0 atom stereocenters. The van der Waals surface area contributed by atoms with Crippen LogP contribution in [0.2, 0.25) is 0 Å². The number of amides is 2. The Morgan fingerprint density at radius 3 is 2.17 bits per heavy atom. The molecule has 0 aliphatic carbocycles. The molecule has 9 nitrogen and oxygen atoms in total. The Kier molecular flexibility index (Phi) is 7.63. The highest BCUT2D eigenvalue weighted by Gasteiger charge is 2.34. The first-order valence-corrected chi connectivity index (χ1v) is 8.97. The molecule has 0 saturated carbocycles. The Bertz CT molecular complexity index is 1140. The predicted octanol–water partition coefficient (Wildman–Crippen LogP) is 2.08. The van der Waals surface area contributed by atoms with E-state index in [0.29, 0.717) is 5.56 Å². The van der Waals surface area contributed by atoms with Crippen LogP contribution >= 0.6 is 0 Å². The number of nitriles is 2. The summed E-state index contributed by atoms with van der Waals surface area (Å²) < 4.78 is 1.08. The average Bonchev–Trinajstić information content (AvgIpc) is 2.68. The fraction of sp³-hybridized carbons (Fsp3) is 0.286. The topological polar surface area (TPSA) is 162 Å². The fourth-order valence-corrected chi connectivity index (χ4v) is 3.15. The van der Waals surface area contributed by atoms with Gasteiger partial charge in [0.15, 0.2) is 0 Å². The van der Waals surface area contributed by atoms with Crippen molar-refractivity contribution in [2.75, 3.05) is 6.54 Å². The second-order valence-corrected chi connectivity index (χ2v) is 6.30. The highest BCUT2D eigenvalue weighted by atomic mass is 16.3. The van der Waals surface area contributed by atoms with Gasteiger partial charge in [0.05, 0.1) is 0 Å². The van der Waals surface area contributed by atoms with E-state index in [1.54, 1.807) is 20.8 Å². The molecule has 4 N–H and O–H groups in total. The smallest absolute Gasteiger partial charge is 0.271 e. The van der Waals surface area contributed by atoms with Gasteiger partial charge in [0.2, 0.25) is 5.88 Å². The first-order chi connectivity index (χ1) is 13.7. The molecule has 1 aliphatic heterocycles. The molecule has 30 heavy (non-hydrogen) atoms. The van der Waals surface area contributed by atoms with Crippen LogP contribution in [0.15, 0.2) is 33.7 Å². The SMILES string of the molecule is CCN1C(=O)C(C#N)=C(C)/C(=C\C=C\c2c(C)c(C#N)c(=O)n(CC)c2O)C1=O.N. The van der Waals surface area contributed by atoms with Gasteiger partial charge in [-0.15, -0.1) is 0 Å². The zero-order valence-electron chi connectivity index (χ0n) is 17.3. The summed E-state index contributed by atoms with van der Waals surface area (Å²) in [6, 6.07) is 3.69. The number of carbonyl (C=O) groups is 2. The molecule has 9 heteroatoms. The largest absolute Gasteiger partial charge is 0.494 e. The van der Waals surface area contributed by atoms with Crippen LogP contribution in [-0.4, -0.2) is 32.9 Å². The monoisotopic (exact) mass is 409 g/mol. The van der Waals surface area contributed by atoms with Gasteiger partial charge in [-0.05, 0) is 51.0 Å². The quantitative estimate of drug-likeness (QED) is 0.568. The molecule has 0 saturated heterocycles. The van der Waals surface area contributed by atoms with Crippen LogP contribution in [0.1, 0.15) is 37.5 Å². The number of allylic oxidation sites excluding steroid dienone is 2. The van der Waals surface area contributed by atoms with E-state index in [9.17, 15) is 30.0 Å². The van der Waals surface area contributed by atoms with Crippen LogP contribution in [0.4, 0.5) is 0 Å². The molecule has 2 rings (SSSR count). The summed E-state index contributed by atoms with van der Waals surface area (Å²) in [4.78, 5) is 38.0. The van der Waals surface area contributed by atoms with Crippen molar-refractivity contribution in [2.45, 2.75) is 34.2 Å². The van der Waals surface area contributed by atoms with Crippen molar-refractivity contribution in [1.29, 1.82) is 10.5 Å². The first-order valence-electron chi connectivity index (χ1n) is 8.97. The molecule has 0 radical (unpaired) electrons. The molecule has 2 amide bonds. The normalized spacial score (nSPS) is 15.4. The number of carbonyl (C=O) groups excluding carboxylic acids is 2.